The minimum atomic E-state index is 0.848. The molecule has 0 bridgehead atoms. The van der Waals surface area contributed by atoms with Gasteiger partial charge in [0.2, 0.25) is 0 Å². The van der Waals surface area contributed by atoms with Gasteiger partial charge in [0.05, 0.1) is 0 Å². The van der Waals surface area contributed by atoms with Gasteiger partial charge in [-0.05, 0) is 91.7 Å². The lowest BCUT2D eigenvalue weighted by Crippen LogP contribution is -2.18. The maximum atomic E-state index is 2.60. The number of rotatable bonds is 6. The molecule has 1 aromatic rings. The summed E-state index contributed by atoms with van der Waals surface area (Å²) in [4.78, 5) is 0. The summed E-state index contributed by atoms with van der Waals surface area (Å²) in [5.41, 5.74) is 5.01. The molecule has 0 amide bonds. The van der Waals surface area contributed by atoms with E-state index < -0.39 is 0 Å². The molecule has 1 saturated carbocycles. The van der Waals surface area contributed by atoms with Crippen LogP contribution in [0.15, 0.2) is 18.2 Å². The molecular formula is C24H38. The highest BCUT2D eigenvalue weighted by molar-refractivity contribution is 5.36. The monoisotopic (exact) mass is 326 g/mol. The highest BCUT2D eigenvalue weighted by Gasteiger charge is 2.24. The maximum absolute atomic E-state index is 2.60. The predicted octanol–water partition coefficient (Wildman–Crippen LogP) is 7.30. The zero-order valence-electron chi connectivity index (χ0n) is 16.3. The second-order valence-corrected chi connectivity index (χ2v) is 8.89. The van der Waals surface area contributed by atoms with Crippen LogP contribution in [-0.4, -0.2) is 0 Å². The molecule has 2 aliphatic rings. The largest absolute Gasteiger partial charge is 0.0654 e. The lowest BCUT2D eigenvalue weighted by Gasteiger charge is -2.31. The lowest BCUT2D eigenvalue weighted by molar-refractivity contribution is 0.308. The van der Waals surface area contributed by atoms with Crippen LogP contribution in [0.3, 0.4) is 0 Å². The molecule has 1 fully saturated rings. The summed E-state index contributed by atoms with van der Waals surface area (Å²) >= 11 is 0. The Labute approximate surface area is 150 Å². The fourth-order valence-corrected chi connectivity index (χ4v) is 5.23. The smallest absolute Gasteiger partial charge is 0.0162 e. The Morgan fingerprint density at radius 1 is 0.958 bits per heavy atom. The van der Waals surface area contributed by atoms with E-state index in [2.05, 4.69) is 39.0 Å². The third-order valence-electron chi connectivity index (χ3n) is 7.01. The van der Waals surface area contributed by atoms with Crippen LogP contribution >= 0.6 is 0 Å². The van der Waals surface area contributed by atoms with Crippen LogP contribution in [0.25, 0.3) is 0 Å². The van der Waals surface area contributed by atoms with Crippen molar-refractivity contribution in [3.8, 4) is 0 Å². The molecule has 0 nitrogen and oxygen atoms in total. The molecule has 0 heterocycles. The van der Waals surface area contributed by atoms with E-state index in [0.717, 1.165) is 23.7 Å². The van der Waals surface area contributed by atoms with Crippen LogP contribution in [0.1, 0.15) is 101 Å². The average Bonchev–Trinajstić information content (AvgIpc) is 2.62. The molecule has 0 aromatic heterocycles. The minimum Gasteiger partial charge on any atom is -0.0654 e. The molecule has 0 spiro atoms. The normalized spacial score (nSPS) is 28.4. The van der Waals surface area contributed by atoms with Gasteiger partial charge in [-0.3, -0.25) is 0 Å². The van der Waals surface area contributed by atoms with Crippen molar-refractivity contribution in [3.05, 3.63) is 34.9 Å². The number of aryl methyl sites for hydroxylation is 1. The second-order valence-electron chi connectivity index (χ2n) is 8.89. The maximum Gasteiger partial charge on any atom is -0.0162 e. The van der Waals surface area contributed by atoms with Crippen molar-refractivity contribution in [1.29, 1.82) is 0 Å². The first-order chi connectivity index (χ1) is 11.7. The minimum absolute atomic E-state index is 0.848. The van der Waals surface area contributed by atoms with Gasteiger partial charge in [0.15, 0.2) is 0 Å². The van der Waals surface area contributed by atoms with Crippen LogP contribution in [0, 0.1) is 17.8 Å². The van der Waals surface area contributed by atoms with E-state index in [-0.39, 0.29) is 0 Å². The molecule has 3 rings (SSSR count). The number of benzene rings is 1. The molecule has 24 heavy (non-hydrogen) atoms. The SMILES string of the molecule is CCCC1CCC(c2ccc3c(c2)CCC(CC(C)CC)C3)CC1. The van der Waals surface area contributed by atoms with Crippen LogP contribution in [0.2, 0.25) is 0 Å². The van der Waals surface area contributed by atoms with Crippen molar-refractivity contribution in [2.75, 3.05) is 0 Å². The van der Waals surface area contributed by atoms with Gasteiger partial charge in [-0.2, -0.15) is 0 Å². The zero-order valence-corrected chi connectivity index (χ0v) is 16.3. The number of fused-ring (bicyclic) bond motifs is 1. The van der Waals surface area contributed by atoms with E-state index >= 15 is 0 Å². The van der Waals surface area contributed by atoms with Gasteiger partial charge >= 0.3 is 0 Å². The molecule has 2 aliphatic carbocycles. The van der Waals surface area contributed by atoms with Crippen LogP contribution < -0.4 is 0 Å². The summed E-state index contributed by atoms with van der Waals surface area (Å²) in [7, 11) is 0. The van der Waals surface area contributed by atoms with E-state index in [0.29, 0.717) is 0 Å². The summed E-state index contributed by atoms with van der Waals surface area (Å²) in [6.07, 6.45) is 15.5. The van der Waals surface area contributed by atoms with Crippen molar-refractivity contribution < 1.29 is 0 Å². The first-order valence-electron chi connectivity index (χ1n) is 10.8. The molecule has 0 saturated heterocycles. The Kier molecular flexibility index (Phi) is 6.42. The van der Waals surface area contributed by atoms with Crippen molar-refractivity contribution in [3.63, 3.8) is 0 Å². The summed E-state index contributed by atoms with van der Waals surface area (Å²) in [6.45, 7) is 7.10. The Morgan fingerprint density at radius 2 is 1.75 bits per heavy atom. The highest BCUT2D eigenvalue weighted by Crippen LogP contribution is 2.39. The summed E-state index contributed by atoms with van der Waals surface area (Å²) in [6, 6.07) is 7.57. The summed E-state index contributed by atoms with van der Waals surface area (Å²) < 4.78 is 0. The first-order valence-corrected chi connectivity index (χ1v) is 10.8. The van der Waals surface area contributed by atoms with Crippen LogP contribution in [-0.2, 0) is 12.8 Å². The molecule has 0 heteroatoms. The van der Waals surface area contributed by atoms with Gasteiger partial charge in [0.1, 0.15) is 0 Å². The molecular weight excluding hydrogens is 288 g/mol. The van der Waals surface area contributed by atoms with Crippen LogP contribution in [0.4, 0.5) is 0 Å². The van der Waals surface area contributed by atoms with E-state index in [1.807, 2.05) is 0 Å². The van der Waals surface area contributed by atoms with Gasteiger partial charge in [0.25, 0.3) is 0 Å². The van der Waals surface area contributed by atoms with E-state index in [4.69, 9.17) is 0 Å². The molecule has 2 atom stereocenters. The van der Waals surface area contributed by atoms with E-state index in [1.54, 1.807) is 16.7 Å². The molecule has 134 valence electrons. The van der Waals surface area contributed by atoms with Gasteiger partial charge in [0, 0.05) is 0 Å². The zero-order chi connectivity index (χ0) is 16.9. The average molecular weight is 327 g/mol. The first kappa shape index (κ1) is 18.0. The predicted molar refractivity (Wildman–Crippen MR) is 106 cm³/mol. The third kappa shape index (κ3) is 4.44. The van der Waals surface area contributed by atoms with Gasteiger partial charge in [-0.1, -0.05) is 58.2 Å². The quantitative estimate of drug-likeness (QED) is 0.514. The standard InChI is InChI=1S/C24H38/c1-4-6-19-7-10-21(11-8-19)23-14-13-22-16-20(15-18(3)5-2)9-12-24(22)17-23/h13-14,17-21H,4-12,15-16H2,1-3H3. The van der Waals surface area contributed by atoms with E-state index in [9.17, 15) is 0 Å². The Morgan fingerprint density at radius 3 is 2.46 bits per heavy atom. The fourth-order valence-electron chi connectivity index (χ4n) is 5.23. The topological polar surface area (TPSA) is 0 Å². The van der Waals surface area contributed by atoms with Crippen LogP contribution in [0.5, 0.6) is 0 Å². The van der Waals surface area contributed by atoms with Gasteiger partial charge in [-0.15, -0.1) is 0 Å². The molecule has 0 N–H and O–H groups in total. The molecule has 0 radical (unpaired) electrons. The fraction of sp³-hybridized carbons (Fsp3) is 0.750. The van der Waals surface area contributed by atoms with Crippen molar-refractivity contribution in [2.24, 2.45) is 17.8 Å². The Hall–Kier alpha value is -0.780. The Bertz CT molecular complexity index is 507. The number of hydrogen-bond donors (Lipinski definition) is 0. The highest BCUT2D eigenvalue weighted by atomic mass is 14.3. The molecule has 2 unspecified atom stereocenters. The third-order valence-corrected chi connectivity index (χ3v) is 7.01. The second kappa shape index (κ2) is 8.54. The van der Waals surface area contributed by atoms with Gasteiger partial charge < -0.3 is 0 Å². The van der Waals surface area contributed by atoms with E-state index in [1.165, 1.54) is 70.6 Å². The van der Waals surface area contributed by atoms with Crippen molar-refractivity contribution in [2.45, 2.75) is 97.3 Å². The van der Waals surface area contributed by atoms with Crippen molar-refractivity contribution >= 4 is 0 Å². The molecule has 0 aliphatic heterocycles. The summed E-state index contributed by atoms with van der Waals surface area (Å²) in [5, 5.41) is 0. The number of hydrogen-bond acceptors (Lipinski definition) is 0. The van der Waals surface area contributed by atoms with Crippen molar-refractivity contribution in [1.82, 2.24) is 0 Å². The Balaban J connectivity index is 1.59. The van der Waals surface area contributed by atoms with Gasteiger partial charge in [-0.25, -0.2) is 0 Å². The lowest BCUT2D eigenvalue weighted by atomic mass is 9.75. The summed E-state index contributed by atoms with van der Waals surface area (Å²) in [5.74, 6) is 3.70. The molecule has 1 aromatic carbocycles.